The van der Waals surface area contributed by atoms with E-state index in [2.05, 4.69) is 195 Å². The molecule has 0 saturated heterocycles. The lowest BCUT2D eigenvalue weighted by molar-refractivity contribution is 0.741. The zero-order valence-corrected chi connectivity index (χ0v) is 39.8. The van der Waals surface area contributed by atoms with Crippen LogP contribution in [0.1, 0.15) is 174 Å². The second kappa shape index (κ2) is 12.7. The number of hydrogen-bond donors (Lipinski definition) is 0. The first-order valence-electron chi connectivity index (χ1n) is 24.5. The summed E-state index contributed by atoms with van der Waals surface area (Å²) in [4.78, 5) is 0. The van der Waals surface area contributed by atoms with E-state index in [9.17, 15) is 0 Å². The van der Waals surface area contributed by atoms with Crippen molar-refractivity contribution in [1.82, 2.24) is 9.13 Å². The third-order valence-corrected chi connectivity index (χ3v) is 16.5. The Hall–Kier alpha value is -5.80. The van der Waals surface area contributed by atoms with Crippen LogP contribution in [0.15, 0.2) is 103 Å². The summed E-state index contributed by atoms with van der Waals surface area (Å²) in [6.07, 6.45) is 0. The molecule has 5 heterocycles. The number of hydrogen-bond acceptors (Lipinski definition) is 0. The predicted octanol–water partition coefficient (Wildman–Crippen LogP) is 14.4. The summed E-state index contributed by atoms with van der Waals surface area (Å²) < 4.78 is 5.50. The standard InChI is InChI=1S/C61H59BN2/c1-30(2)36-14-18-47-43(23-36)44-24-37(31(3)4)15-19-48(44)61(47)49-20-22-53-56-59(49)64-57-45(25-39(33(7)8)27-50(57)61)46-26-40(34(9)10)28-52(58(46)64)62(56)51-21-17-41(35(11)12)55-42-16-13-38(32(5)6)29-54(42)63(53)60(51)55/h13-35H,1-12H3. The monoisotopic (exact) mass is 830 g/mol. The van der Waals surface area contributed by atoms with E-state index in [4.69, 9.17) is 0 Å². The smallest absolute Gasteiger partial charge is 0.252 e. The molecule has 0 N–H and O–H groups in total. The molecule has 316 valence electrons. The van der Waals surface area contributed by atoms with Crippen molar-refractivity contribution in [3.05, 3.63) is 159 Å². The Morgan fingerprint density at radius 1 is 0.406 bits per heavy atom. The maximum absolute atomic E-state index is 2.79. The van der Waals surface area contributed by atoms with Gasteiger partial charge in [0, 0.05) is 44.0 Å². The molecule has 13 rings (SSSR count). The van der Waals surface area contributed by atoms with Gasteiger partial charge in [0.2, 0.25) is 0 Å². The minimum Gasteiger partial charge on any atom is -0.310 e. The minimum absolute atomic E-state index is 0.0863. The third-order valence-electron chi connectivity index (χ3n) is 16.5. The van der Waals surface area contributed by atoms with Crippen LogP contribution in [0.3, 0.4) is 0 Å². The highest BCUT2D eigenvalue weighted by Crippen LogP contribution is 2.62. The number of aromatic nitrogens is 2. The highest BCUT2D eigenvalue weighted by atomic mass is 15.1. The average Bonchev–Trinajstić information content (AvgIpc) is 3.90. The number of fused-ring (bicyclic) bond motifs is 14. The fourth-order valence-corrected chi connectivity index (χ4v) is 13.2. The van der Waals surface area contributed by atoms with Gasteiger partial charge in [-0.05, 0) is 143 Å². The molecule has 0 amide bonds. The van der Waals surface area contributed by atoms with Gasteiger partial charge in [-0.2, -0.15) is 0 Å². The van der Waals surface area contributed by atoms with E-state index in [1.54, 1.807) is 0 Å². The van der Waals surface area contributed by atoms with Crippen molar-refractivity contribution in [2.24, 2.45) is 0 Å². The minimum atomic E-state index is -0.503. The van der Waals surface area contributed by atoms with Crippen molar-refractivity contribution in [2.75, 3.05) is 0 Å². The van der Waals surface area contributed by atoms with Gasteiger partial charge < -0.3 is 9.13 Å². The molecule has 1 spiro atoms. The van der Waals surface area contributed by atoms with Crippen LogP contribution in [0.25, 0.3) is 66.1 Å². The van der Waals surface area contributed by atoms with E-state index >= 15 is 0 Å². The van der Waals surface area contributed by atoms with Crippen LogP contribution in [0.5, 0.6) is 0 Å². The largest absolute Gasteiger partial charge is 0.310 e. The van der Waals surface area contributed by atoms with Gasteiger partial charge in [0.25, 0.3) is 6.71 Å². The number of nitrogens with zero attached hydrogens (tertiary/aromatic N) is 2. The molecule has 64 heavy (non-hydrogen) atoms. The zero-order valence-electron chi connectivity index (χ0n) is 39.8. The van der Waals surface area contributed by atoms with Crippen LogP contribution in [0, 0.1) is 0 Å². The molecule has 2 aromatic heterocycles. The van der Waals surface area contributed by atoms with Crippen molar-refractivity contribution < 1.29 is 0 Å². The summed E-state index contributed by atoms with van der Waals surface area (Å²) in [5.41, 5.74) is 29.2. The number of rotatable bonds is 6. The molecule has 3 heteroatoms. The van der Waals surface area contributed by atoms with Crippen LogP contribution in [-0.2, 0) is 5.41 Å². The van der Waals surface area contributed by atoms with Gasteiger partial charge in [-0.3, -0.25) is 0 Å². The van der Waals surface area contributed by atoms with Crippen LogP contribution in [-0.4, -0.2) is 15.8 Å². The van der Waals surface area contributed by atoms with Gasteiger partial charge in [-0.25, -0.2) is 0 Å². The summed E-state index contributed by atoms with van der Waals surface area (Å²) in [5, 5.41) is 5.62. The molecule has 3 aliphatic heterocycles. The molecule has 0 fully saturated rings. The lowest BCUT2D eigenvalue weighted by Gasteiger charge is -2.44. The summed E-state index contributed by atoms with van der Waals surface area (Å²) in [5.74, 6) is 2.46. The van der Waals surface area contributed by atoms with Crippen LogP contribution in [0.2, 0.25) is 0 Å². The highest BCUT2D eigenvalue weighted by Gasteiger charge is 2.54. The van der Waals surface area contributed by atoms with Crippen molar-refractivity contribution in [2.45, 2.75) is 124 Å². The Kier molecular flexibility index (Phi) is 7.68. The average molecular weight is 831 g/mol. The van der Waals surface area contributed by atoms with E-state index in [1.165, 1.54) is 138 Å². The predicted molar refractivity (Wildman–Crippen MR) is 275 cm³/mol. The van der Waals surface area contributed by atoms with Crippen molar-refractivity contribution in [3.63, 3.8) is 0 Å². The van der Waals surface area contributed by atoms with Gasteiger partial charge in [0.05, 0.1) is 16.4 Å². The fraction of sp³-hybridized carbons (Fsp3) is 0.311. The Labute approximate surface area is 379 Å². The van der Waals surface area contributed by atoms with Gasteiger partial charge in [0.15, 0.2) is 0 Å². The van der Waals surface area contributed by atoms with Crippen LogP contribution >= 0.6 is 0 Å². The van der Waals surface area contributed by atoms with Crippen molar-refractivity contribution in [3.8, 4) is 22.5 Å². The van der Waals surface area contributed by atoms with E-state index < -0.39 is 5.41 Å². The topological polar surface area (TPSA) is 9.86 Å². The summed E-state index contributed by atoms with van der Waals surface area (Å²) in [7, 11) is 0. The van der Waals surface area contributed by atoms with Gasteiger partial charge in [-0.15, -0.1) is 0 Å². The van der Waals surface area contributed by atoms with Gasteiger partial charge >= 0.3 is 0 Å². The first-order valence-corrected chi connectivity index (χ1v) is 24.5. The molecule has 0 radical (unpaired) electrons. The molecule has 0 bridgehead atoms. The first-order chi connectivity index (χ1) is 30.7. The molecule has 4 aliphatic rings. The summed E-state index contributed by atoms with van der Waals surface area (Å²) in [6.45, 7) is 28.4. The van der Waals surface area contributed by atoms with Crippen LogP contribution in [0.4, 0.5) is 0 Å². The van der Waals surface area contributed by atoms with E-state index in [-0.39, 0.29) is 6.71 Å². The summed E-state index contributed by atoms with van der Waals surface area (Å²) in [6, 6.07) is 43.1. The molecule has 7 aromatic carbocycles. The van der Waals surface area contributed by atoms with E-state index in [1.807, 2.05) is 0 Å². The molecule has 9 aromatic rings. The third kappa shape index (κ3) is 4.50. The molecule has 0 unspecified atom stereocenters. The number of benzene rings is 7. The fourth-order valence-electron chi connectivity index (χ4n) is 13.2. The molecule has 0 atom stereocenters. The van der Waals surface area contributed by atoms with Gasteiger partial charge in [-0.1, -0.05) is 162 Å². The van der Waals surface area contributed by atoms with Crippen molar-refractivity contribution >= 4 is 66.7 Å². The lowest BCUT2D eigenvalue weighted by atomic mass is 9.33. The molecular weight excluding hydrogens is 771 g/mol. The highest BCUT2D eigenvalue weighted by molar-refractivity contribution is 7.00. The Morgan fingerprint density at radius 2 is 0.969 bits per heavy atom. The Morgan fingerprint density at radius 3 is 1.58 bits per heavy atom. The Bertz CT molecular complexity index is 3520. The maximum atomic E-state index is 2.79. The zero-order chi connectivity index (χ0) is 44.2. The second-order valence-electron chi connectivity index (χ2n) is 22.0. The van der Waals surface area contributed by atoms with E-state index in [0.29, 0.717) is 35.5 Å². The van der Waals surface area contributed by atoms with E-state index in [0.717, 1.165) is 0 Å². The lowest BCUT2D eigenvalue weighted by Crippen LogP contribution is -2.60. The molecule has 1 aliphatic carbocycles. The molecule has 2 nitrogen and oxygen atoms in total. The quantitative estimate of drug-likeness (QED) is 0.148. The molecule has 0 saturated carbocycles. The normalized spacial score (nSPS) is 14.9. The van der Waals surface area contributed by atoms with Crippen LogP contribution < -0.4 is 16.4 Å². The second-order valence-corrected chi connectivity index (χ2v) is 22.0. The Balaban J connectivity index is 1.29. The summed E-state index contributed by atoms with van der Waals surface area (Å²) >= 11 is 0. The first kappa shape index (κ1) is 38.6. The SMILES string of the molecule is CC(C)c1ccc2c(c1)-c1cc(C(C)C)ccc1C21c2ccc3c4c2-n2c5c(cc(C(C)C)cc5c5cc(C(C)C)cc1c52)B4c1ccc(C(C)C)c2c4ccc(C(C)C)cc4n-3c12. The van der Waals surface area contributed by atoms with Crippen molar-refractivity contribution in [1.29, 1.82) is 0 Å². The maximum Gasteiger partial charge on any atom is 0.252 e. The van der Waals surface area contributed by atoms with Gasteiger partial charge in [0.1, 0.15) is 0 Å². The molecular formula is C61H59BN2.